The van der Waals surface area contributed by atoms with Crippen LogP contribution in [0.25, 0.3) is 0 Å². The van der Waals surface area contributed by atoms with Gasteiger partial charge in [0.05, 0.1) is 27.2 Å². The molecule has 1 aliphatic rings. The van der Waals surface area contributed by atoms with E-state index < -0.39 is 0 Å². The number of hydrogen-bond acceptors (Lipinski definition) is 1. The molecular formula is C11H24ClNO. The Morgan fingerprint density at radius 3 is 2.36 bits per heavy atom. The number of hydrogen-bond donors (Lipinski definition) is 0. The van der Waals surface area contributed by atoms with Gasteiger partial charge in [0.25, 0.3) is 0 Å². The fraction of sp³-hybridized carbons (Fsp3) is 1.00. The van der Waals surface area contributed by atoms with Crippen LogP contribution in [0.2, 0.25) is 0 Å². The molecule has 14 heavy (non-hydrogen) atoms. The van der Waals surface area contributed by atoms with Crippen molar-refractivity contribution in [1.29, 1.82) is 0 Å². The van der Waals surface area contributed by atoms with Gasteiger partial charge in [-0.2, -0.15) is 0 Å². The first-order valence-electron chi connectivity index (χ1n) is 5.57. The lowest BCUT2D eigenvalue weighted by Gasteiger charge is -2.29. The molecule has 1 heterocycles. The predicted molar refractivity (Wildman–Crippen MR) is 55.7 cm³/mol. The molecule has 0 aliphatic carbocycles. The third kappa shape index (κ3) is 6.63. The first-order valence-corrected chi connectivity index (χ1v) is 5.57. The van der Waals surface area contributed by atoms with Gasteiger partial charge in [0, 0.05) is 0 Å². The zero-order chi connectivity index (χ0) is 9.73. The molecule has 1 unspecified atom stereocenters. The van der Waals surface area contributed by atoms with Crippen LogP contribution in [0.1, 0.15) is 32.6 Å². The molecule has 1 rings (SSSR count). The van der Waals surface area contributed by atoms with Crippen LogP contribution in [-0.2, 0) is 4.74 Å². The van der Waals surface area contributed by atoms with Crippen LogP contribution in [0.15, 0.2) is 0 Å². The Morgan fingerprint density at radius 2 is 1.86 bits per heavy atom. The van der Waals surface area contributed by atoms with Crippen molar-refractivity contribution in [1.82, 2.24) is 0 Å². The molecule has 0 aromatic heterocycles. The fourth-order valence-corrected chi connectivity index (χ4v) is 1.78. The van der Waals surface area contributed by atoms with Gasteiger partial charge in [0.15, 0.2) is 0 Å². The molecule has 0 aromatic rings. The molecule has 0 spiro atoms. The number of unbranched alkanes of at least 4 members (excludes halogenated alkanes) is 3. The van der Waals surface area contributed by atoms with Crippen LogP contribution in [-0.4, -0.2) is 44.4 Å². The maximum Gasteiger partial charge on any atom is 0.130 e. The van der Waals surface area contributed by atoms with E-state index in [0.717, 1.165) is 11.1 Å². The maximum absolute atomic E-state index is 5.26. The summed E-state index contributed by atoms with van der Waals surface area (Å²) in [4.78, 5) is 0. The molecular weight excluding hydrogens is 198 g/mol. The van der Waals surface area contributed by atoms with E-state index in [1.807, 2.05) is 0 Å². The molecule has 0 amide bonds. The van der Waals surface area contributed by atoms with E-state index in [9.17, 15) is 0 Å². The molecule has 1 saturated heterocycles. The zero-order valence-electron chi connectivity index (χ0n) is 9.76. The molecule has 86 valence electrons. The van der Waals surface area contributed by atoms with Crippen molar-refractivity contribution >= 4 is 0 Å². The van der Waals surface area contributed by atoms with Gasteiger partial charge in [-0.15, -0.1) is 0 Å². The minimum absolute atomic E-state index is 0. The molecule has 1 fully saturated rings. The molecule has 0 N–H and O–H groups in total. The first kappa shape index (κ1) is 14.2. The first-order chi connectivity index (χ1) is 6.14. The van der Waals surface area contributed by atoms with Crippen LogP contribution >= 0.6 is 0 Å². The van der Waals surface area contributed by atoms with Crippen molar-refractivity contribution in [2.75, 3.05) is 33.8 Å². The van der Waals surface area contributed by atoms with Gasteiger partial charge >= 0.3 is 0 Å². The molecule has 2 nitrogen and oxygen atoms in total. The van der Waals surface area contributed by atoms with Gasteiger partial charge < -0.3 is 21.6 Å². The van der Waals surface area contributed by atoms with Gasteiger partial charge in [-0.3, -0.25) is 0 Å². The van der Waals surface area contributed by atoms with Gasteiger partial charge in [-0.1, -0.05) is 19.8 Å². The summed E-state index contributed by atoms with van der Waals surface area (Å²) in [5, 5.41) is 0. The average Bonchev–Trinajstić information content (AvgIpc) is 2.81. The van der Waals surface area contributed by atoms with Crippen molar-refractivity contribution in [2.45, 2.75) is 38.7 Å². The van der Waals surface area contributed by atoms with Crippen LogP contribution in [0.4, 0.5) is 0 Å². The summed E-state index contributed by atoms with van der Waals surface area (Å²) in [6.07, 6.45) is 6.05. The minimum atomic E-state index is 0. The third-order valence-corrected chi connectivity index (χ3v) is 2.72. The number of epoxide rings is 1. The van der Waals surface area contributed by atoms with E-state index >= 15 is 0 Å². The average molecular weight is 222 g/mol. The summed E-state index contributed by atoms with van der Waals surface area (Å²) in [5.74, 6) is 0. The molecule has 3 heteroatoms. The Balaban J connectivity index is 0.00000169. The SMILES string of the molecule is CCCCCC[N+](C)(C)CC1CO1.[Cl-]. The van der Waals surface area contributed by atoms with Gasteiger partial charge in [-0.05, 0) is 12.8 Å². The van der Waals surface area contributed by atoms with Gasteiger partial charge in [0.1, 0.15) is 12.6 Å². The molecule has 1 atom stereocenters. The predicted octanol–water partition coefficient (Wildman–Crippen LogP) is -0.954. The summed E-state index contributed by atoms with van der Waals surface area (Å²) in [6.45, 7) is 5.76. The summed E-state index contributed by atoms with van der Waals surface area (Å²) < 4.78 is 6.39. The second kappa shape index (κ2) is 6.65. The van der Waals surface area contributed by atoms with Crippen LogP contribution < -0.4 is 12.4 Å². The van der Waals surface area contributed by atoms with Gasteiger partial charge in [-0.25, -0.2) is 0 Å². The zero-order valence-corrected chi connectivity index (χ0v) is 10.5. The molecule has 0 aromatic carbocycles. The standard InChI is InChI=1S/C11H24NO.ClH/c1-4-5-6-7-8-12(2,3)9-11-10-13-11;/h11H,4-10H2,1-3H3;1H/q+1;/p-1. The second-order valence-electron chi connectivity index (χ2n) is 4.86. The number of rotatable bonds is 7. The van der Waals surface area contributed by atoms with E-state index in [2.05, 4.69) is 21.0 Å². The highest BCUT2D eigenvalue weighted by atomic mass is 35.5. The highest BCUT2D eigenvalue weighted by Gasteiger charge is 2.30. The second-order valence-corrected chi connectivity index (χ2v) is 4.86. The van der Waals surface area contributed by atoms with E-state index in [-0.39, 0.29) is 12.4 Å². The van der Waals surface area contributed by atoms with Crippen molar-refractivity contribution in [3.63, 3.8) is 0 Å². The number of halogens is 1. The maximum atomic E-state index is 5.26. The van der Waals surface area contributed by atoms with Crippen LogP contribution in [0.5, 0.6) is 0 Å². The topological polar surface area (TPSA) is 12.5 Å². The van der Waals surface area contributed by atoms with E-state index in [1.165, 1.54) is 38.8 Å². The number of quaternary nitrogens is 1. The Labute approximate surface area is 94.6 Å². The lowest BCUT2D eigenvalue weighted by Crippen LogP contribution is -3.00. The smallest absolute Gasteiger partial charge is 0.130 e. The molecule has 0 bridgehead atoms. The highest BCUT2D eigenvalue weighted by Crippen LogP contribution is 2.15. The minimum Gasteiger partial charge on any atom is -1.00 e. The largest absolute Gasteiger partial charge is 1.00 e. The molecule has 1 aliphatic heterocycles. The van der Waals surface area contributed by atoms with E-state index in [1.54, 1.807) is 0 Å². The van der Waals surface area contributed by atoms with E-state index in [0.29, 0.717) is 6.10 Å². The lowest BCUT2D eigenvalue weighted by molar-refractivity contribution is -0.891. The van der Waals surface area contributed by atoms with Crippen LogP contribution in [0, 0.1) is 0 Å². The van der Waals surface area contributed by atoms with Gasteiger partial charge in [0.2, 0.25) is 0 Å². The number of nitrogens with zero attached hydrogens (tertiary/aromatic N) is 1. The third-order valence-electron chi connectivity index (χ3n) is 2.72. The summed E-state index contributed by atoms with van der Waals surface area (Å²) >= 11 is 0. The summed E-state index contributed by atoms with van der Waals surface area (Å²) in [7, 11) is 4.63. The lowest BCUT2D eigenvalue weighted by atomic mass is 10.2. The Morgan fingerprint density at radius 1 is 1.21 bits per heavy atom. The molecule has 0 saturated carbocycles. The number of likely N-dealkylation sites (N-methyl/N-ethyl adjacent to an activating group) is 1. The summed E-state index contributed by atoms with van der Waals surface area (Å²) in [5.41, 5.74) is 0. The van der Waals surface area contributed by atoms with E-state index in [4.69, 9.17) is 4.74 Å². The Bertz CT molecular complexity index is 146. The van der Waals surface area contributed by atoms with Crippen molar-refractivity contribution in [3.8, 4) is 0 Å². The Hall–Kier alpha value is 0.210. The number of ether oxygens (including phenoxy) is 1. The highest BCUT2D eigenvalue weighted by molar-refractivity contribution is 4.67. The quantitative estimate of drug-likeness (QED) is 0.307. The van der Waals surface area contributed by atoms with Crippen LogP contribution in [0.3, 0.4) is 0 Å². The fourth-order valence-electron chi connectivity index (χ4n) is 1.78. The van der Waals surface area contributed by atoms with Crippen molar-refractivity contribution in [3.05, 3.63) is 0 Å². The molecule has 0 radical (unpaired) electrons. The monoisotopic (exact) mass is 221 g/mol. The normalized spacial score (nSPS) is 20.4. The Kier molecular flexibility index (Phi) is 6.75. The van der Waals surface area contributed by atoms with Crippen molar-refractivity contribution in [2.24, 2.45) is 0 Å². The van der Waals surface area contributed by atoms with Crippen molar-refractivity contribution < 1.29 is 21.6 Å². The summed E-state index contributed by atoms with van der Waals surface area (Å²) in [6, 6.07) is 0.